The lowest BCUT2D eigenvalue weighted by molar-refractivity contribution is -0.385. The molecule has 1 amide bonds. The fourth-order valence-corrected chi connectivity index (χ4v) is 2.17. The van der Waals surface area contributed by atoms with Crippen molar-refractivity contribution >= 4 is 24.0 Å². The van der Waals surface area contributed by atoms with Crippen molar-refractivity contribution in [3.8, 4) is 0 Å². The molecule has 0 spiro atoms. The number of amides is 1. The van der Waals surface area contributed by atoms with Crippen LogP contribution < -0.4 is 11.1 Å². The van der Waals surface area contributed by atoms with Crippen molar-refractivity contribution < 1.29 is 9.72 Å². The first-order valence-electron chi connectivity index (χ1n) is 6.23. The zero-order chi connectivity index (χ0) is 14.0. The minimum Gasteiger partial charge on any atom is -0.350 e. The van der Waals surface area contributed by atoms with Gasteiger partial charge in [-0.3, -0.25) is 14.9 Å². The van der Waals surface area contributed by atoms with Crippen LogP contribution in [0.25, 0.3) is 0 Å². The van der Waals surface area contributed by atoms with Gasteiger partial charge in [0.15, 0.2) is 0 Å². The molecule has 0 radical (unpaired) electrons. The molecule has 3 N–H and O–H groups in total. The first kappa shape index (κ1) is 16.4. The summed E-state index contributed by atoms with van der Waals surface area (Å²) in [4.78, 5) is 22.2. The molecule has 1 aromatic rings. The van der Waals surface area contributed by atoms with Gasteiger partial charge < -0.3 is 11.1 Å². The molecule has 0 saturated heterocycles. The van der Waals surface area contributed by atoms with Gasteiger partial charge in [0.05, 0.1) is 4.92 Å². The summed E-state index contributed by atoms with van der Waals surface area (Å²) in [6.07, 6.45) is 2.95. The van der Waals surface area contributed by atoms with Gasteiger partial charge in [-0.15, -0.1) is 12.4 Å². The smallest absolute Gasteiger partial charge is 0.272 e. The number of nitro benzene ring substituents is 1. The van der Waals surface area contributed by atoms with E-state index in [4.69, 9.17) is 5.73 Å². The van der Waals surface area contributed by atoms with Crippen LogP contribution in [-0.2, 0) is 0 Å². The molecule has 1 saturated carbocycles. The Morgan fingerprint density at radius 2 is 2.15 bits per heavy atom. The number of carbonyl (C=O) groups excluding carboxylic acids is 1. The number of hydrogen-bond donors (Lipinski definition) is 2. The lowest BCUT2D eigenvalue weighted by Crippen LogP contribution is -2.54. The molecule has 20 heavy (non-hydrogen) atoms. The molecule has 1 fully saturated rings. The van der Waals surface area contributed by atoms with E-state index in [0.29, 0.717) is 17.7 Å². The predicted molar refractivity (Wildman–Crippen MR) is 78.2 cm³/mol. The van der Waals surface area contributed by atoms with Gasteiger partial charge >= 0.3 is 0 Å². The van der Waals surface area contributed by atoms with E-state index in [1.165, 1.54) is 18.2 Å². The molecule has 1 aromatic carbocycles. The van der Waals surface area contributed by atoms with E-state index < -0.39 is 4.92 Å². The average Bonchev–Trinajstić information content (AvgIpc) is 2.33. The first-order chi connectivity index (χ1) is 8.91. The summed E-state index contributed by atoms with van der Waals surface area (Å²) in [6.45, 7) is 2.06. The van der Waals surface area contributed by atoms with E-state index in [-0.39, 0.29) is 29.5 Å². The number of nitrogens with zero attached hydrogens (tertiary/aromatic N) is 1. The Balaban J connectivity index is 0.00000200. The highest BCUT2D eigenvalue weighted by Gasteiger charge is 2.32. The number of rotatable bonds is 4. The van der Waals surface area contributed by atoms with Crippen molar-refractivity contribution in [1.82, 2.24) is 5.32 Å². The maximum Gasteiger partial charge on any atom is 0.272 e. The molecule has 6 nitrogen and oxygen atoms in total. The third-order valence-corrected chi connectivity index (χ3v) is 3.61. The number of carbonyl (C=O) groups is 1. The Morgan fingerprint density at radius 3 is 2.60 bits per heavy atom. The summed E-state index contributed by atoms with van der Waals surface area (Å²) >= 11 is 0. The van der Waals surface area contributed by atoms with E-state index in [1.807, 2.05) is 0 Å². The van der Waals surface area contributed by atoms with Gasteiger partial charge in [-0.1, -0.05) is 0 Å². The van der Waals surface area contributed by atoms with Gasteiger partial charge in [-0.2, -0.15) is 0 Å². The average molecular weight is 300 g/mol. The second-order valence-electron chi connectivity index (χ2n) is 5.16. The first-order valence-corrected chi connectivity index (χ1v) is 6.23. The topological polar surface area (TPSA) is 98.3 Å². The summed E-state index contributed by atoms with van der Waals surface area (Å²) in [5.41, 5.74) is 6.66. The summed E-state index contributed by atoms with van der Waals surface area (Å²) in [7, 11) is 0. The van der Waals surface area contributed by atoms with Crippen LogP contribution >= 0.6 is 12.4 Å². The van der Waals surface area contributed by atoms with Crippen molar-refractivity contribution in [2.45, 2.75) is 31.7 Å². The molecule has 1 aliphatic rings. The molecule has 7 heteroatoms. The minimum absolute atomic E-state index is 0. The van der Waals surface area contributed by atoms with Gasteiger partial charge in [-0.05, 0) is 38.3 Å². The molecule has 2 rings (SSSR count). The molecule has 0 heterocycles. The standard InChI is InChI=1S/C13H17N3O3.ClH/c1-9-7-10(3-4-11(9)16(18)19)12(17)15-8-13(14)5-2-6-13;/h3-4,7H,2,5-6,8,14H2,1H3,(H,15,17);1H. The van der Waals surface area contributed by atoms with E-state index >= 15 is 0 Å². The highest BCUT2D eigenvalue weighted by atomic mass is 35.5. The second kappa shape index (κ2) is 6.19. The van der Waals surface area contributed by atoms with Crippen molar-refractivity contribution in [2.75, 3.05) is 6.54 Å². The van der Waals surface area contributed by atoms with Crippen LogP contribution in [0.1, 0.15) is 35.2 Å². The Hall–Kier alpha value is -1.66. The summed E-state index contributed by atoms with van der Waals surface area (Å²) in [5.74, 6) is -0.241. The Bertz CT molecular complexity index is 530. The number of aryl methyl sites for hydroxylation is 1. The number of nitrogens with two attached hydrogens (primary N) is 1. The predicted octanol–water partition coefficient (Wildman–Crippen LogP) is 1.94. The van der Waals surface area contributed by atoms with Gasteiger partial charge in [0.25, 0.3) is 11.6 Å². The van der Waals surface area contributed by atoms with Gasteiger partial charge in [0, 0.05) is 29.3 Å². The minimum atomic E-state index is -0.458. The maximum atomic E-state index is 11.9. The monoisotopic (exact) mass is 299 g/mol. The van der Waals surface area contributed by atoms with Crippen LogP contribution in [0.5, 0.6) is 0 Å². The van der Waals surface area contributed by atoms with Crippen molar-refractivity contribution in [1.29, 1.82) is 0 Å². The van der Waals surface area contributed by atoms with Crippen molar-refractivity contribution in [2.24, 2.45) is 5.73 Å². The quantitative estimate of drug-likeness (QED) is 0.655. The highest BCUT2D eigenvalue weighted by Crippen LogP contribution is 2.28. The fourth-order valence-electron chi connectivity index (χ4n) is 2.17. The van der Waals surface area contributed by atoms with Crippen LogP contribution in [0.3, 0.4) is 0 Å². The third-order valence-electron chi connectivity index (χ3n) is 3.61. The fraction of sp³-hybridized carbons (Fsp3) is 0.462. The van der Waals surface area contributed by atoms with Crippen LogP contribution in [0.2, 0.25) is 0 Å². The van der Waals surface area contributed by atoms with Crippen LogP contribution in [0.4, 0.5) is 5.69 Å². The Labute approximate surface area is 123 Å². The molecular weight excluding hydrogens is 282 g/mol. The molecule has 0 aliphatic heterocycles. The maximum absolute atomic E-state index is 11.9. The van der Waals surface area contributed by atoms with Crippen molar-refractivity contribution in [3.63, 3.8) is 0 Å². The third kappa shape index (κ3) is 3.46. The van der Waals surface area contributed by atoms with E-state index in [1.54, 1.807) is 6.92 Å². The van der Waals surface area contributed by atoms with E-state index in [2.05, 4.69) is 5.32 Å². The van der Waals surface area contributed by atoms with Crippen LogP contribution in [-0.4, -0.2) is 22.9 Å². The Morgan fingerprint density at radius 1 is 1.50 bits per heavy atom. The number of nitro groups is 1. The zero-order valence-corrected chi connectivity index (χ0v) is 12.0. The SMILES string of the molecule is Cc1cc(C(=O)NCC2(N)CCC2)ccc1[N+](=O)[O-].Cl. The number of benzene rings is 1. The zero-order valence-electron chi connectivity index (χ0n) is 11.2. The van der Waals surface area contributed by atoms with Gasteiger partial charge in [0.2, 0.25) is 0 Å². The number of hydrogen-bond acceptors (Lipinski definition) is 4. The molecule has 0 aromatic heterocycles. The van der Waals surface area contributed by atoms with Gasteiger partial charge in [0.1, 0.15) is 0 Å². The largest absolute Gasteiger partial charge is 0.350 e. The molecule has 0 bridgehead atoms. The number of halogens is 1. The molecule has 0 unspecified atom stereocenters. The summed E-state index contributed by atoms with van der Waals surface area (Å²) < 4.78 is 0. The van der Waals surface area contributed by atoms with Gasteiger partial charge in [-0.25, -0.2) is 0 Å². The lowest BCUT2D eigenvalue weighted by atomic mass is 9.78. The molecule has 1 aliphatic carbocycles. The lowest BCUT2D eigenvalue weighted by Gasteiger charge is -2.38. The highest BCUT2D eigenvalue weighted by molar-refractivity contribution is 5.94. The molecule has 0 atom stereocenters. The normalized spacial score (nSPS) is 15.7. The second-order valence-corrected chi connectivity index (χ2v) is 5.16. The Kier molecular flexibility index (Phi) is 5.08. The summed E-state index contributed by atoms with van der Waals surface area (Å²) in [6, 6.07) is 4.34. The van der Waals surface area contributed by atoms with Crippen LogP contribution in [0.15, 0.2) is 18.2 Å². The van der Waals surface area contributed by atoms with Crippen molar-refractivity contribution in [3.05, 3.63) is 39.4 Å². The van der Waals surface area contributed by atoms with E-state index in [0.717, 1.165) is 19.3 Å². The molecule has 110 valence electrons. The van der Waals surface area contributed by atoms with E-state index in [9.17, 15) is 14.9 Å². The van der Waals surface area contributed by atoms with Crippen LogP contribution in [0, 0.1) is 17.0 Å². The molecular formula is C13H18ClN3O3. The number of nitrogens with one attached hydrogen (secondary N) is 1. The summed E-state index contributed by atoms with van der Waals surface area (Å²) in [5, 5.41) is 13.5.